The second-order valence-electron chi connectivity index (χ2n) is 6.03. The number of piperazine rings is 1. The van der Waals surface area contributed by atoms with Crippen molar-refractivity contribution in [3.05, 3.63) is 18.5 Å². The fraction of sp³-hybridized carbons (Fsp3) is 0.706. The normalized spacial score (nSPS) is 20.7. The van der Waals surface area contributed by atoms with Crippen LogP contribution in [-0.4, -0.2) is 77.2 Å². The van der Waals surface area contributed by atoms with Gasteiger partial charge in [0.25, 0.3) is 0 Å². The first-order valence-electron chi connectivity index (χ1n) is 8.79. The summed E-state index contributed by atoms with van der Waals surface area (Å²) in [7, 11) is 0. The van der Waals surface area contributed by atoms with Crippen molar-refractivity contribution in [1.82, 2.24) is 19.8 Å². The second-order valence-corrected chi connectivity index (χ2v) is 6.03. The van der Waals surface area contributed by atoms with E-state index in [0.717, 1.165) is 45.8 Å². The Morgan fingerprint density at radius 1 is 1.38 bits per heavy atom. The Balaban J connectivity index is 1.87. The molecule has 2 atom stereocenters. The molecule has 0 bridgehead atoms. The molecule has 0 spiro atoms. The van der Waals surface area contributed by atoms with Gasteiger partial charge < -0.3 is 4.74 Å². The van der Waals surface area contributed by atoms with Gasteiger partial charge in [-0.05, 0) is 26.3 Å². The van der Waals surface area contributed by atoms with Crippen molar-refractivity contribution in [3.63, 3.8) is 0 Å². The lowest BCUT2D eigenvalue weighted by molar-refractivity contribution is -0.122. The average Bonchev–Trinajstić information content (AvgIpc) is 2.62. The molecule has 0 saturated carbocycles. The van der Waals surface area contributed by atoms with Gasteiger partial charge in [0.15, 0.2) is 0 Å². The quantitative estimate of drug-likeness (QED) is 0.721. The van der Waals surface area contributed by atoms with Crippen LogP contribution in [0.1, 0.15) is 27.2 Å². The number of hydrogen-bond acceptors (Lipinski definition) is 6. The molecule has 1 aromatic heterocycles. The van der Waals surface area contributed by atoms with Crippen LogP contribution in [-0.2, 0) is 9.53 Å². The first kappa shape index (κ1) is 18.8. The molecule has 0 unspecified atom stereocenters. The lowest BCUT2D eigenvalue weighted by Gasteiger charge is -2.43. The Bertz CT molecular complexity index is 499. The molecule has 0 aliphatic carbocycles. The summed E-state index contributed by atoms with van der Waals surface area (Å²) in [5.74, 6) is 0.301. The number of nitrogens with one attached hydrogen (secondary N) is 1. The SMILES string of the molecule is CCOCCN1CCN([C@H](C)C(=O)Nc2ncccn2)C[C@@H]1CC. The van der Waals surface area contributed by atoms with Crippen LogP contribution in [0.4, 0.5) is 5.95 Å². The number of rotatable bonds is 8. The molecule has 7 nitrogen and oxygen atoms in total. The fourth-order valence-corrected chi connectivity index (χ4v) is 3.02. The fourth-order valence-electron chi connectivity index (χ4n) is 3.02. The standard InChI is InChI=1S/C17H29N5O2/c1-4-15-13-22(10-9-21(15)11-12-24-5-2)14(3)16(23)20-17-18-7-6-8-19-17/h6-8,14-15H,4-5,9-13H2,1-3H3,(H,18,19,20,23)/t14-,15+/m1/s1. The molecule has 2 rings (SSSR count). The monoisotopic (exact) mass is 335 g/mol. The van der Waals surface area contributed by atoms with E-state index >= 15 is 0 Å². The number of anilines is 1. The summed E-state index contributed by atoms with van der Waals surface area (Å²) in [6.45, 7) is 11.4. The summed E-state index contributed by atoms with van der Waals surface area (Å²) in [5, 5.41) is 2.79. The van der Waals surface area contributed by atoms with Crippen molar-refractivity contribution >= 4 is 11.9 Å². The van der Waals surface area contributed by atoms with Crippen molar-refractivity contribution in [1.29, 1.82) is 0 Å². The predicted molar refractivity (Wildman–Crippen MR) is 93.8 cm³/mol. The maximum Gasteiger partial charge on any atom is 0.243 e. The zero-order valence-electron chi connectivity index (χ0n) is 14.9. The van der Waals surface area contributed by atoms with E-state index in [-0.39, 0.29) is 11.9 Å². The van der Waals surface area contributed by atoms with E-state index in [9.17, 15) is 4.79 Å². The van der Waals surface area contributed by atoms with Gasteiger partial charge in [-0.3, -0.25) is 19.9 Å². The topological polar surface area (TPSA) is 70.6 Å². The van der Waals surface area contributed by atoms with Gasteiger partial charge in [-0.25, -0.2) is 9.97 Å². The van der Waals surface area contributed by atoms with Gasteiger partial charge in [0.2, 0.25) is 11.9 Å². The molecular formula is C17H29N5O2. The molecule has 1 aliphatic rings. The van der Waals surface area contributed by atoms with E-state index in [1.54, 1.807) is 18.5 Å². The van der Waals surface area contributed by atoms with E-state index < -0.39 is 0 Å². The van der Waals surface area contributed by atoms with Crippen LogP contribution < -0.4 is 5.32 Å². The summed E-state index contributed by atoms with van der Waals surface area (Å²) in [6.07, 6.45) is 4.31. The molecule has 1 aromatic rings. The van der Waals surface area contributed by atoms with Crippen molar-refractivity contribution in [3.8, 4) is 0 Å². The lowest BCUT2D eigenvalue weighted by Crippen LogP contribution is -2.57. The zero-order valence-corrected chi connectivity index (χ0v) is 14.9. The predicted octanol–water partition coefficient (Wildman–Crippen LogP) is 1.24. The third kappa shape index (κ3) is 5.22. The van der Waals surface area contributed by atoms with E-state index in [0.29, 0.717) is 12.0 Å². The molecule has 1 N–H and O–H groups in total. The largest absolute Gasteiger partial charge is 0.380 e. The molecule has 7 heteroatoms. The number of amides is 1. The molecule has 134 valence electrons. The van der Waals surface area contributed by atoms with E-state index in [1.807, 2.05) is 13.8 Å². The third-order valence-corrected chi connectivity index (χ3v) is 4.56. The summed E-state index contributed by atoms with van der Waals surface area (Å²) in [4.78, 5) is 25.2. The number of carbonyl (C=O) groups is 1. The van der Waals surface area contributed by atoms with Crippen LogP contribution in [0.3, 0.4) is 0 Å². The number of carbonyl (C=O) groups excluding carboxylic acids is 1. The van der Waals surface area contributed by atoms with Gasteiger partial charge in [0.05, 0.1) is 12.6 Å². The average molecular weight is 335 g/mol. The first-order chi connectivity index (χ1) is 11.7. The summed E-state index contributed by atoms with van der Waals surface area (Å²) < 4.78 is 5.47. The summed E-state index contributed by atoms with van der Waals surface area (Å²) >= 11 is 0. The van der Waals surface area contributed by atoms with Gasteiger partial charge in [-0.1, -0.05) is 6.92 Å². The summed E-state index contributed by atoms with van der Waals surface area (Å²) in [5.41, 5.74) is 0. The molecule has 1 fully saturated rings. The van der Waals surface area contributed by atoms with Crippen molar-refractivity contribution in [2.24, 2.45) is 0 Å². The highest BCUT2D eigenvalue weighted by atomic mass is 16.5. The third-order valence-electron chi connectivity index (χ3n) is 4.56. The molecule has 24 heavy (non-hydrogen) atoms. The Morgan fingerprint density at radius 3 is 2.79 bits per heavy atom. The first-order valence-corrected chi connectivity index (χ1v) is 8.79. The van der Waals surface area contributed by atoms with Crippen LogP contribution in [0.15, 0.2) is 18.5 Å². The lowest BCUT2D eigenvalue weighted by atomic mass is 10.1. The number of nitrogens with zero attached hydrogens (tertiary/aromatic N) is 4. The minimum absolute atomic E-state index is 0.0566. The maximum atomic E-state index is 12.4. The highest BCUT2D eigenvalue weighted by molar-refractivity contribution is 5.93. The van der Waals surface area contributed by atoms with Crippen LogP contribution in [0.2, 0.25) is 0 Å². The summed E-state index contributed by atoms with van der Waals surface area (Å²) in [6, 6.07) is 1.99. The van der Waals surface area contributed by atoms with Crippen molar-refractivity contribution < 1.29 is 9.53 Å². The highest BCUT2D eigenvalue weighted by Gasteiger charge is 2.30. The van der Waals surface area contributed by atoms with E-state index in [1.165, 1.54) is 0 Å². The number of hydrogen-bond donors (Lipinski definition) is 1. The van der Waals surface area contributed by atoms with E-state index in [4.69, 9.17) is 4.74 Å². The van der Waals surface area contributed by atoms with Gasteiger partial charge in [-0.2, -0.15) is 0 Å². The van der Waals surface area contributed by atoms with Crippen LogP contribution in [0, 0.1) is 0 Å². The van der Waals surface area contributed by atoms with Crippen molar-refractivity contribution in [2.45, 2.75) is 39.3 Å². The smallest absolute Gasteiger partial charge is 0.243 e. The van der Waals surface area contributed by atoms with Crippen LogP contribution in [0.25, 0.3) is 0 Å². The maximum absolute atomic E-state index is 12.4. The Labute approximate surface area is 144 Å². The van der Waals surface area contributed by atoms with Gasteiger partial charge >= 0.3 is 0 Å². The Hall–Kier alpha value is -1.57. The number of ether oxygens (including phenoxy) is 1. The minimum atomic E-state index is -0.197. The van der Waals surface area contributed by atoms with Gasteiger partial charge in [0, 0.05) is 51.2 Å². The second kappa shape index (κ2) is 9.66. The number of aromatic nitrogens is 2. The molecule has 1 amide bonds. The molecule has 2 heterocycles. The zero-order chi connectivity index (χ0) is 17.4. The molecule has 1 saturated heterocycles. The highest BCUT2D eigenvalue weighted by Crippen LogP contribution is 2.15. The Kier molecular flexibility index (Phi) is 7.55. The Morgan fingerprint density at radius 2 is 2.12 bits per heavy atom. The molecule has 0 aromatic carbocycles. The van der Waals surface area contributed by atoms with Gasteiger partial charge in [-0.15, -0.1) is 0 Å². The van der Waals surface area contributed by atoms with E-state index in [2.05, 4.69) is 32.0 Å². The van der Waals surface area contributed by atoms with Crippen molar-refractivity contribution in [2.75, 3.05) is 44.7 Å². The van der Waals surface area contributed by atoms with Crippen LogP contribution in [0.5, 0.6) is 0 Å². The molecule has 1 aliphatic heterocycles. The van der Waals surface area contributed by atoms with Crippen LogP contribution >= 0.6 is 0 Å². The van der Waals surface area contributed by atoms with Gasteiger partial charge in [0.1, 0.15) is 0 Å². The minimum Gasteiger partial charge on any atom is -0.380 e. The molecule has 0 radical (unpaired) electrons. The molecular weight excluding hydrogens is 306 g/mol.